The number of hydrogen-bond acceptors (Lipinski definition) is 3. The fourth-order valence-corrected chi connectivity index (χ4v) is 3.46. The standard InChI is InChI=1S/C20H32N4O.HI/c1-4-21-19(22-15-20(2,3)24-10-12-25-13-11-24)23-18-14-17(18)16-8-6-5-7-9-16;/h5-9,17-18H,4,10-15H2,1-3H3,(H2,21,22,23);1H. The van der Waals surface area contributed by atoms with Crippen molar-refractivity contribution in [1.29, 1.82) is 0 Å². The Morgan fingerprint density at radius 1 is 1.23 bits per heavy atom. The maximum atomic E-state index is 5.47. The van der Waals surface area contributed by atoms with Crippen LogP contribution in [0.4, 0.5) is 0 Å². The number of halogens is 1. The highest BCUT2D eigenvalue weighted by atomic mass is 127. The number of rotatable bonds is 6. The largest absolute Gasteiger partial charge is 0.379 e. The predicted octanol–water partition coefficient (Wildman–Crippen LogP) is 2.83. The van der Waals surface area contributed by atoms with Crippen molar-refractivity contribution in [3.63, 3.8) is 0 Å². The van der Waals surface area contributed by atoms with Gasteiger partial charge >= 0.3 is 0 Å². The van der Waals surface area contributed by atoms with Crippen LogP contribution >= 0.6 is 24.0 Å². The quantitative estimate of drug-likeness (QED) is 0.380. The summed E-state index contributed by atoms with van der Waals surface area (Å²) in [4.78, 5) is 7.36. The average Bonchev–Trinajstić information content (AvgIpc) is 3.41. The Hall–Kier alpha value is -0.860. The second kappa shape index (κ2) is 9.90. The second-order valence-electron chi connectivity index (χ2n) is 7.61. The Kier molecular flexibility index (Phi) is 8.16. The maximum absolute atomic E-state index is 5.47. The molecule has 1 aromatic carbocycles. The number of aliphatic imine (C=N–C) groups is 1. The number of guanidine groups is 1. The van der Waals surface area contributed by atoms with Crippen LogP contribution in [-0.2, 0) is 4.74 Å². The zero-order chi connectivity index (χ0) is 17.7. The molecule has 26 heavy (non-hydrogen) atoms. The molecular formula is C20H33IN4O. The fourth-order valence-electron chi connectivity index (χ4n) is 3.46. The van der Waals surface area contributed by atoms with Crippen molar-refractivity contribution in [2.75, 3.05) is 39.4 Å². The minimum atomic E-state index is 0. The van der Waals surface area contributed by atoms with Crippen LogP contribution in [0.25, 0.3) is 0 Å². The SMILES string of the molecule is CCNC(=NCC(C)(C)N1CCOCC1)NC1CC1c1ccccc1.I. The molecule has 146 valence electrons. The molecule has 1 saturated carbocycles. The van der Waals surface area contributed by atoms with E-state index in [0.717, 1.165) is 45.4 Å². The molecule has 0 bridgehead atoms. The third-order valence-corrected chi connectivity index (χ3v) is 5.18. The first-order valence-electron chi connectivity index (χ1n) is 9.53. The van der Waals surface area contributed by atoms with E-state index in [-0.39, 0.29) is 29.5 Å². The summed E-state index contributed by atoms with van der Waals surface area (Å²) < 4.78 is 5.47. The van der Waals surface area contributed by atoms with Crippen molar-refractivity contribution in [3.8, 4) is 0 Å². The number of nitrogens with zero attached hydrogens (tertiary/aromatic N) is 2. The van der Waals surface area contributed by atoms with Gasteiger partial charge in [-0.2, -0.15) is 0 Å². The van der Waals surface area contributed by atoms with Crippen molar-refractivity contribution in [2.45, 2.75) is 44.7 Å². The van der Waals surface area contributed by atoms with E-state index in [2.05, 4.69) is 66.6 Å². The van der Waals surface area contributed by atoms with Gasteiger partial charge in [0.1, 0.15) is 0 Å². The van der Waals surface area contributed by atoms with Gasteiger partial charge in [0.15, 0.2) is 5.96 Å². The lowest BCUT2D eigenvalue weighted by Gasteiger charge is -2.39. The molecule has 3 rings (SSSR count). The van der Waals surface area contributed by atoms with E-state index in [0.29, 0.717) is 12.0 Å². The van der Waals surface area contributed by atoms with Gasteiger partial charge in [0.05, 0.1) is 19.8 Å². The summed E-state index contributed by atoms with van der Waals surface area (Å²) in [6, 6.07) is 11.2. The van der Waals surface area contributed by atoms with Gasteiger partial charge in [-0.15, -0.1) is 24.0 Å². The third kappa shape index (κ3) is 5.82. The highest BCUT2D eigenvalue weighted by molar-refractivity contribution is 14.0. The first-order valence-corrected chi connectivity index (χ1v) is 9.53. The van der Waals surface area contributed by atoms with Gasteiger partial charge in [0.2, 0.25) is 0 Å². The summed E-state index contributed by atoms with van der Waals surface area (Å²) >= 11 is 0. The van der Waals surface area contributed by atoms with Gasteiger partial charge in [-0.25, -0.2) is 0 Å². The van der Waals surface area contributed by atoms with Crippen LogP contribution in [0.3, 0.4) is 0 Å². The number of hydrogen-bond donors (Lipinski definition) is 2. The summed E-state index contributed by atoms with van der Waals surface area (Å²) in [5.74, 6) is 1.55. The lowest BCUT2D eigenvalue weighted by molar-refractivity contribution is -0.00683. The minimum Gasteiger partial charge on any atom is -0.379 e. The molecule has 2 aliphatic rings. The molecule has 2 atom stereocenters. The normalized spacial score (nSPS) is 23.9. The number of nitrogens with one attached hydrogen (secondary N) is 2. The van der Waals surface area contributed by atoms with Crippen molar-refractivity contribution in [2.24, 2.45) is 4.99 Å². The Morgan fingerprint density at radius 3 is 2.58 bits per heavy atom. The Morgan fingerprint density at radius 2 is 1.92 bits per heavy atom. The Balaban J connectivity index is 0.00000243. The number of benzene rings is 1. The fraction of sp³-hybridized carbons (Fsp3) is 0.650. The molecule has 0 aromatic heterocycles. The van der Waals surface area contributed by atoms with E-state index < -0.39 is 0 Å². The third-order valence-electron chi connectivity index (χ3n) is 5.18. The van der Waals surface area contributed by atoms with E-state index in [4.69, 9.17) is 9.73 Å². The van der Waals surface area contributed by atoms with Crippen LogP contribution in [0.5, 0.6) is 0 Å². The van der Waals surface area contributed by atoms with Crippen LogP contribution in [0, 0.1) is 0 Å². The van der Waals surface area contributed by atoms with Crippen molar-refractivity contribution in [1.82, 2.24) is 15.5 Å². The van der Waals surface area contributed by atoms with Crippen LogP contribution in [0.2, 0.25) is 0 Å². The van der Waals surface area contributed by atoms with Crippen LogP contribution in [0.15, 0.2) is 35.3 Å². The Bertz CT molecular complexity index is 572. The van der Waals surface area contributed by atoms with Gasteiger partial charge in [0.25, 0.3) is 0 Å². The molecule has 1 aliphatic carbocycles. The highest BCUT2D eigenvalue weighted by Crippen LogP contribution is 2.40. The van der Waals surface area contributed by atoms with Crippen LogP contribution in [0.1, 0.15) is 38.7 Å². The molecule has 1 aromatic rings. The number of ether oxygens (including phenoxy) is 1. The van der Waals surface area contributed by atoms with Crippen molar-refractivity contribution in [3.05, 3.63) is 35.9 Å². The van der Waals surface area contributed by atoms with E-state index >= 15 is 0 Å². The predicted molar refractivity (Wildman–Crippen MR) is 119 cm³/mol. The van der Waals surface area contributed by atoms with Crippen molar-refractivity contribution < 1.29 is 4.74 Å². The molecule has 2 N–H and O–H groups in total. The van der Waals surface area contributed by atoms with Gasteiger partial charge in [-0.3, -0.25) is 9.89 Å². The van der Waals surface area contributed by atoms with Crippen molar-refractivity contribution >= 4 is 29.9 Å². The topological polar surface area (TPSA) is 48.9 Å². The smallest absolute Gasteiger partial charge is 0.191 e. The van der Waals surface area contributed by atoms with Gasteiger partial charge in [-0.1, -0.05) is 30.3 Å². The molecule has 1 aliphatic heterocycles. The van der Waals surface area contributed by atoms with Crippen LogP contribution in [-0.4, -0.2) is 61.8 Å². The first-order chi connectivity index (χ1) is 12.1. The van der Waals surface area contributed by atoms with Gasteiger partial charge < -0.3 is 15.4 Å². The van der Waals surface area contributed by atoms with Gasteiger partial charge in [-0.05, 0) is 32.8 Å². The van der Waals surface area contributed by atoms with E-state index in [1.807, 2.05) is 0 Å². The minimum absolute atomic E-state index is 0. The molecule has 2 fully saturated rings. The number of morpholine rings is 1. The summed E-state index contributed by atoms with van der Waals surface area (Å²) in [6.07, 6.45) is 1.18. The summed E-state index contributed by atoms with van der Waals surface area (Å²) in [5, 5.41) is 7.01. The zero-order valence-electron chi connectivity index (χ0n) is 16.2. The zero-order valence-corrected chi connectivity index (χ0v) is 18.5. The summed E-state index contributed by atoms with van der Waals surface area (Å²) in [6.45, 7) is 12.0. The molecule has 6 heteroatoms. The average molecular weight is 472 g/mol. The summed E-state index contributed by atoms with van der Waals surface area (Å²) in [5.41, 5.74) is 1.47. The lowest BCUT2D eigenvalue weighted by Crippen LogP contribution is -2.52. The molecule has 0 amide bonds. The van der Waals surface area contributed by atoms with E-state index in [9.17, 15) is 0 Å². The molecule has 0 spiro atoms. The van der Waals surface area contributed by atoms with E-state index in [1.54, 1.807) is 0 Å². The van der Waals surface area contributed by atoms with Crippen LogP contribution < -0.4 is 10.6 Å². The maximum Gasteiger partial charge on any atom is 0.191 e. The lowest BCUT2D eigenvalue weighted by atomic mass is 10.0. The van der Waals surface area contributed by atoms with Gasteiger partial charge in [0, 0.05) is 37.1 Å². The highest BCUT2D eigenvalue weighted by Gasteiger charge is 2.39. The second-order valence-corrected chi connectivity index (χ2v) is 7.61. The Labute approximate surface area is 175 Å². The molecule has 5 nitrogen and oxygen atoms in total. The monoisotopic (exact) mass is 472 g/mol. The molecule has 2 unspecified atom stereocenters. The first kappa shape index (κ1) is 21.4. The summed E-state index contributed by atoms with van der Waals surface area (Å²) in [7, 11) is 0. The molecule has 1 heterocycles. The van der Waals surface area contributed by atoms with E-state index in [1.165, 1.54) is 12.0 Å². The molecule has 1 saturated heterocycles. The molecular weight excluding hydrogens is 439 g/mol. The molecule has 0 radical (unpaired) electrons.